The molecule has 4 nitrogen and oxygen atoms in total. The fourth-order valence-corrected chi connectivity index (χ4v) is 2.65. The highest BCUT2D eigenvalue weighted by Crippen LogP contribution is 2.21. The van der Waals surface area contributed by atoms with Crippen LogP contribution in [0.1, 0.15) is 53.9 Å². The smallest absolute Gasteiger partial charge is 0.241 e. The van der Waals surface area contributed by atoms with Crippen molar-refractivity contribution in [3.8, 4) is 0 Å². The highest BCUT2D eigenvalue weighted by Gasteiger charge is 2.40. The lowest BCUT2D eigenvalue weighted by molar-refractivity contribution is -0.131. The average Bonchev–Trinajstić information content (AvgIpc) is 2.72. The molecule has 0 aromatic rings. The Morgan fingerprint density at radius 2 is 1.95 bits per heavy atom. The summed E-state index contributed by atoms with van der Waals surface area (Å²) < 4.78 is 0. The number of amides is 1. The van der Waals surface area contributed by atoms with Crippen LogP contribution in [0.3, 0.4) is 0 Å². The van der Waals surface area contributed by atoms with Gasteiger partial charge in [-0.05, 0) is 33.2 Å². The van der Waals surface area contributed by atoms with Crippen molar-refractivity contribution < 1.29 is 4.79 Å². The van der Waals surface area contributed by atoms with Gasteiger partial charge >= 0.3 is 0 Å². The first-order valence-electron chi connectivity index (χ1n) is 8.19. The van der Waals surface area contributed by atoms with Gasteiger partial charge < -0.3 is 9.80 Å². The molecular weight excluding hydrogens is 250 g/mol. The third-order valence-corrected chi connectivity index (χ3v) is 4.65. The first-order chi connectivity index (χ1) is 9.42. The van der Waals surface area contributed by atoms with Gasteiger partial charge in [-0.2, -0.15) is 0 Å². The maximum atomic E-state index is 12.6. The molecule has 1 rings (SSSR count). The Balaban J connectivity index is 2.67. The number of rotatable bonds is 8. The van der Waals surface area contributed by atoms with E-state index in [4.69, 9.17) is 0 Å². The van der Waals surface area contributed by atoms with Crippen LogP contribution in [0.4, 0.5) is 0 Å². The Kier molecular flexibility index (Phi) is 6.96. The van der Waals surface area contributed by atoms with E-state index in [1.165, 1.54) is 0 Å². The number of carbonyl (C=O) groups excluding carboxylic acids is 1. The zero-order valence-corrected chi connectivity index (χ0v) is 14.1. The minimum absolute atomic E-state index is 0.0147. The van der Waals surface area contributed by atoms with Crippen molar-refractivity contribution in [3.63, 3.8) is 0 Å². The molecule has 118 valence electrons. The number of nitrogens with one attached hydrogen (secondary N) is 1. The summed E-state index contributed by atoms with van der Waals surface area (Å²) in [6.07, 6.45) is 3.42. The van der Waals surface area contributed by atoms with Crippen LogP contribution in [0.2, 0.25) is 0 Å². The van der Waals surface area contributed by atoms with Gasteiger partial charge in [0.1, 0.15) is 0 Å². The molecule has 0 aliphatic carbocycles. The van der Waals surface area contributed by atoms with E-state index < -0.39 is 0 Å². The van der Waals surface area contributed by atoms with Gasteiger partial charge in [0, 0.05) is 19.1 Å². The minimum Gasteiger partial charge on any atom is -0.325 e. The number of carbonyl (C=O) groups is 1. The van der Waals surface area contributed by atoms with E-state index in [0.29, 0.717) is 17.9 Å². The lowest BCUT2D eigenvalue weighted by Crippen LogP contribution is -2.42. The Morgan fingerprint density at radius 1 is 1.30 bits per heavy atom. The molecule has 0 bridgehead atoms. The Morgan fingerprint density at radius 3 is 2.45 bits per heavy atom. The quantitative estimate of drug-likeness (QED) is 0.742. The van der Waals surface area contributed by atoms with Crippen molar-refractivity contribution in [1.29, 1.82) is 0 Å². The summed E-state index contributed by atoms with van der Waals surface area (Å²) in [6.45, 7) is 12.7. The van der Waals surface area contributed by atoms with E-state index >= 15 is 0 Å². The van der Waals surface area contributed by atoms with Crippen molar-refractivity contribution >= 4 is 5.91 Å². The maximum absolute atomic E-state index is 12.6. The van der Waals surface area contributed by atoms with Gasteiger partial charge in [0.05, 0.1) is 12.2 Å². The maximum Gasteiger partial charge on any atom is 0.241 e. The van der Waals surface area contributed by atoms with Gasteiger partial charge in [-0.25, -0.2) is 0 Å². The largest absolute Gasteiger partial charge is 0.325 e. The van der Waals surface area contributed by atoms with Gasteiger partial charge in [-0.15, -0.1) is 0 Å². The van der Waals surface area contributed by atoms with Crippen LogP contribution in [-0.4, -0.2) is 54.1 Å². The Bertz CT molecular complexity index is 306. The third kappa shape index (κ3) is 4.19. The number of likely N-dealkylation sites (N-methyl/N-ethyl adjacent to an activating group) is 1. The van der Waals surface area contributed by atoms with Crippen LogP contribution in [0.15, 0.2) is 0 Å². The minimum atomic E-state index is 0.0147. The monoisotopic (exact) mass is 283 g/mol. The molecule has 1 heterocycles. The van der Waals surface area contributed by atoms with E-state index in [9.17, 15) is 4.79 Å². The van der Waals surface area contributed by atoms with Gasteiger partial charge in [0.2, 0.25) is 5.91 Å². The lowest BCUT2D eigenvalue weighted by Gasteiger charge is -2.28. The highest BCUT2D eigenvalue weighted by atomic mass is 16.2. The average molecular weight is 283 g/mol. The third-order valence-electron chi connectivity index (χ3n) is 4.65. The molecule has 1 amide bonds. The molecule has 3 atom stereocenters. The summed E-state index contributed by atoms with van der Waals surface area (Å²) in [5.74, 6) is 0.713. The van der Waals surface area contributed by atoms with Crippen LogP contribution in [0.25, 0.3) is 0 Å². The van der Waals surface area contributed by atoms with Crippen molar-refractivity contribution in [2.24, 2.45) is 5.92 Å². The molecule has 1 aliphatic rings. The fraction of sp³-hybridized carbons (Fsp3) is 0.938. The van der Waals surface area contributed by atoms with Gasteiger partial charge in [-0.3, -0.25) is 10.1 Å². The van der Waals surface area contributed by atoms with E-state index in [1.807, 2.05) is 0 Å². The molecule has 0 radical (unpaired) electrons. The molecule has 1 fully saturated rings. The summed E-state index contributed by atoms with van der Waals surface area (Å²) in [7, 11) is 2.12. The molecule has 1 aliphatic heterocycles. The molecule has 3 unspecified atom stereocenters. The summed E-state index contributed by atoms with van der Waals surface area (Å²) in [4.78, 5) is 17.0. The predicted molar refractivity (Wildman–Crippen MR) is 84.6 cm³/mol. The van der Waals surface area contributed by atoms with Crippen molar-refractivity contribution in [2.45, 2.75) is 72.1 Å². The van der Waals surface area contributed by atoms with Crippen LogP contribution < -0.4 is 5.32 Å². The molecule has 20 heavy (non-hydrogen) atoms. The van der Waals surface area contributed by atoms with Crippen LogP contribution in [0.5, 0.6) is 0 Å². The van der Waals surface area contributed by atoms with Gasteiger partial charge in [0.15, 0.2) is 0 Å². The molecule has 0 aromatic carbocycles. The van der Waals surface area contributed by atoms with E-state index in [0.717, 1.165) is 32.4 Å². The van der Waals surface area contributed by atoms with E-state index in [-0.39, 0.29) is 12.2 Å². The molecule has 1 saturated heterocycles. The summed E-state index contributed by atoms with van der Waals surface area (Å²) in [6, 6.07) is 0.538. The fourth-order valence-electron chi connectivity index (χ4n) is 2.65. The topological polar surface area (TPSA) is 35.6 Å². The second-order valence-electron chi connectivity index (χ2n) is 6.44. The standard InChI is InChI=1S/C16H33N3O/c1-7-9-14-17-15(13(5)8-2)16(20)19(14)11-10-18(6)12(3)4/h12-15,17H,7-11H2,1-6H3. The van der Waals surface area contributed by atoms with E-state index in [1.54, 1.807) is 0 Å². The molecule has 1 N–H and O–H groups in total. The number of nitrogens with zero attached hydrogens (tertiary/aromatic N) is 2. The van der Waals surface area contributed by atoms with Crippen molar-refractivity contribution in [1.82, 2.24) is 15.1 Å². The predicted octanol–water partition coefficient (Wildman–Crippen LogP) is 2.30. The van der Waals surface area contributed by atoms with E-state index in [2.05, 4.69) is 56.8 Å². The zero-order chi connectivity index (χ0) is 15.3. The molecule has 0 spiro atoms. The summed E-state index contributed by atoms with van der Waals surface area (Å²) in [5.41, 5.74) is 0. The Hall–Kier alpha value is -0.610. The molecule has 0 saturated carbocycles. The molecule has 4 heteroatoms. The Labute approximate surface area is 124 Å². The van der Waals surface area contributed by atoms with Crippen LogP contribution >= 0.6 is 0 Å². The molecule has 0 aromatic heterocycles. The zero-order valence-electron chi connectivity index (χ0n) is 14.1. The molecular formula is C16H33N3O. The number of hydrogen-bond donors (Lipinski definition) is 1. The van der Waals surface area contributed by atoms with Crippen LogP contribution in [-0.2, 0) is 4.79 Å². The van der Waals surface area contributed by atoms with Crippen molar-refractivity contribution in [3.05, 3.63) is 0 Å². The lowest BCUT2D eigenvalue weighted by atomic mass is 9.99. The first kappa shape index (κ1) is 17.4. The SMILES string of the molecule is CCCC1NC(C(C)CC)C(=O)N1CCN(C)C(C)C. The van der Waals surface area contributed by atoms with Gasteiger partial charge in [-0.1, -0.05) is 33.6 Å². The second-order valence-corrected chi connectivity index (χ2v) is 6.44. The summed E-state index contributed by atoms with van der Waals surface area (Å²) >= 11 is 0. The summed E-state index contributed by atoms with van der Waals surface area (Å²) in [5, 5.41) is 3.55. The van der Waals surface area contributed by atoms with Crippen molar-refractivity contribution in [2.75, 3.05) is 20.1 Å². The first-order valence-corrected chi connectivity index (χ1v) is 8.19. The van der Waals surface area contributed by atoms with Crippen LogP contribution in [0, 0.1) is 5.92 Å². The number of hydrogen-bond acceptors (Lipinski definition) is 3. The normalized spacial score (nSPS) is 25.0. The second kappa shape index (κ2) is 7.99. The van der Waals surface area contributed by atoms with Gasteiger partial charge in [0.25, 0.3) is 0 Å². The highest BCUT2D eigenvalue weighted by molar-refractivity contribution is 5.84.